The molecule has 3 heterocycles. The van der Waals surface area contributed by atoms with Gasteiger partial charge in [-0.15, -0.1) is 11.3 Å². The van der Waals surface area contributed by atoms with E-state index in [-0.39, 0.29) is 24.2 Å². The van der Waals surface area contributed by atoms with Crippen molar-refractivity contribution in [2.75, 3.05) is 31.5 Å². The van der Waals surface area contributed by atoms with E-state index in [1.807, 2.05) is 36.3 Å². The lowest BCUT2D eigenvalue weighted by Crippen LogP contribution is -2.48. The van der Waals surface area contributed by atoms with E-state index in [1.165, 1.54) is 16.9 Å². The van der Waals surface area contributed by atoms with Gasteiger partial charge in [0.25, 0.3) is 0 Å². The zero-order chi connectivity index (χ0) is 19.2. The van der Waals surface area contributed by atoms with E-state index in [0.29, 0.717) is 10.8 Å². The molecule has 2 aromatic rings. The van der Waals surface area contributed by atoms with E-state index < -0.39 is 0 Å². The van der Waals surface area contributed by atoms with Gasteiger partial charge in [0.15, 0.2) is 5.13 Å². The lowest BCUT2D eigenvalue weighted by atomic mass is 10.2. The van der Waals surface area contributed by atoms with Crippen molar-refractivity contribution >= 4 is 28.3 Å². The third kappa shape index (κ3) is 5.58. The van der Waals surface area contributed by atoms with Crippen LogP contribution in [-0.2, 0) is 22.6 Å². The van der Waals surface area contributed by atoms with E-state index in [0.717, 1.165) is 32.7 Å². The number of thiazole rings is 1. The van der Waals surface area contributed by atoms with Crippen molar-refractivity contribution in [2.45, 2.75) is 26.8 Å². The Morgan fingerprint density at radius 2 is 1.89 bits per heavy atom. The summed E-state index contributed by atoms with van der Waals surface area (Å²) in [6.07, 6.45) is 3.89. The SMILES string of the molecule is CC(C)C(=O)Nc1nc(CC(=O)N2CCN(Cc3ccncc3)CC2)cs1. The highest BCUT2D eigenvalue weighted by atomic mass is 32.1. The minimum Gasteiger partial charge on any atom is -0.340 e. The second-order valence-corrected chi connectivity index (χ2v) is 7.84. The Bertz CT molecular complexity index is 769. The first-order valence-electron chi connectivity index (χ1n) is 9.15. The third-order valence-corrected chi connectivity index (χ3v) is 5.33. The van der Waals surface area contributed by atoms with Crippen LogP contribution in [0.3, 0.4) is 0 Å². The molecule has 0 aliphatic carbocycles. The number of piperazine rings is 1. The number of anilines is 1. The molecule has 1 fully saturated rings. The summed E-state index contributed by atoms with van der Waals surface area (Å²) in [5.74, 6) is -0.0689. The van der Waals surface area contributed by atoms with E-state index in [9.17, 15) is 9.59 Å². The molecule has 1 saturated heterocycles. The molecule has 0 unspecified atom stereocenters. The summed E-state index contributed by atoms with van der Waals surface area (Å²) in [6.45, 7) is 7.73. The van der Waals surface area contributed by atoms with Crippen LogP contribution in [0.1, 0.15) is 25.1 Å². The Balaban J connectivity index is 1.46. The van der Waals surface area contributed by atoms with Gasteiger partial charge in [-0.25, -0.2) is 4.98 Å². The highest BCUT2D eigenvalue weighted by Gasteiger charge is 2.22. The number of amides is 2. The minimum atomic E-state index is -0.0950. The van der Waals surface area contributed by atoms with Crippen LogP contribution in [-0.4, -0.2) is 57.8 Å². The molecule has 144 valence electrons. The van der Waals surface area contributed by atoms with Gasteiger partial charge in [0.2, 0.25) is 11.8 Å². The molecule has 0 radical (unpaired) electrons. The molecule has 1 aliphatic rings. The molecule has 0 saturated carbocycles. The topological polar surface area (TPSA) is 78.4 Å². The molecule has 7 nitrogen and oxygen atoms in total. The first-order valence-corrected chi connectivity index (χ1v) is 10.0. The van der Waals surface area contributed by atoms with E-state index in [1.54, 1.807) is 12.4 Å². The zero-order valence-electron chi connectivity index (χ0n) is 15.7. The average molecular weight is 388 g/mol. The molecule has 8 heteroatoms. The largest absolute Gasteiger partial charge is 0.340 e. The fourth-order valence-corrected chi connectivity index (χ4v) is 3.58. The Morgan fingerprint density at radius 3 is 2.56 bits per heavy atom. The van der Waals surface area contributed by atoms with Crippen LogP contribution in [0.25, 0.3) is 0 Å². The maximum Gasteiger partial charge on any atom is 0.228 e. The molecule has 1 N–H and O–H groups in total. The van der Waals surface area contributed by atoms with Gasteiger partial charge in [-0.3, -0.25) is 19.5 Å². The second kappa shape index (κ2) is 9.05. The van der Waals surface area contributed by atoms with Gasteiger partial charge in [-0.2, -0.15) is 0 Å². The fraction of sp³-hybridized carbons (Fsp3) is 0.474. The number of aromatic nitrogens is 2. The number of nitrogens with zero attached hydrogens (tertiary/aromatic N) is 4. The summed E-state index contributed by atoms with van der Waals surface area (Å²) in [4.78, 5) is 36.9. The summed E-state index contributed by atoms with van der Waals surface area (Å²) >= 11 is 1.36. The number of hydrogen-bond donors (Lipinski definition) is 1. The van der Waals surface area contributed by atoms with Gasteiger partial charge in [-0.05, 0) is 17.7 Å². The first-order chi connectivity index (χ1) is 13.0. The summed E-state index contributed by atoms with van der Waals surface area (Å²) in [5, 5.41) is 5.17. The van der Waals surface area contributed by atoms with Gasteiger partial charge >= 0.3 is 0 Å². The summed E-state index contributed by atoms with van der Waals surface area (Å²) in [5.41, 5.74) is 1.95. The van der Waals surface area contributed by atoms with Gasteiger partial charge in [0, 0.05) is 56.4 Å². The summed E-state index contributed by atoms with van der Waals surface area (Å²) < 4.78 is 0. The maximum absolute atomic E-state index is 12.5. The average Bonchev–Trinajstić information content (AvgIpc) is 3.09. The quantitative estimate of drug-likeness (QED) is 0.820. The maximum atomic E-state index is 12.5. The number of carbonyl (C=O) groups is 2. The number of hydrogen-bond acceptors (Lipinski definition) is 6. The molecule has 0 spiro atoms. The summed E-state index contributed by atoms with van der Waals surface area (Å²) in [7, 11) is 0. The predicted octanol–water partition coefficient (Wildman–Crippen LogP) is 2.02. The Morgan fingerprint density at radius 1 is 1.19 bits per heavy atom. The van der Waals surface area contributed by atoms with Crippen LogP contribution < -0.4 is 5.32 Å². The van der Waals surface area contributed by atoms with Crippen LogP contribution in [0.5, 0.6) is 0 Å². The molecule has 0 aromatic carbocycles. The number of nitrogens with one attached hydrogen (secondary N) is 1. The van der Waals surface area contributed by atoms with Crippen molar-refractivity contribution in [3.8, 4) is 0 Å². The second-order valence-electron chi connectivity index (χ2n) is 6.98. The fourth-order valence-electron chi connectivity index (χ4n) is 2.86. The number of rotatable bonds is 6. The molecular formula is C19H25N5O2S. The molecular weight excluding hydrogens is 362 g/mol. The lowest BCUT2D eigenvalue weighted by Gasteiger charge is -2.34. The van der Waals surface area contributed by atoms with E-state index in [4.69, 9.17) is 0 Å². The number of carbonyl (C=O) groups excluding carboxylic acids is 2. The lowest BCUT2D eigenvalue weighted by molar-refractivity contribution is -0.132. The van der Waals surface area contributed by atoms with Crippen LogP contribution >= 0.6 is 11.3 Å². The zero-order valence-corrected chi connectivity index (χ0v) is 16.5. The highest BCUT2D eigenvalue weighted by molar-refractivity contribution is 7.13. The van der Waals surface area contributed by atoms with Gasteiger partial charge in [0.05, 0.1) is 12.1 Å². The van der Waals surface area contributed by atoms with Crippen LogP contribution in [0.2, 0.25) is 0 Å². The molecule has 0 bridgehead atoms. The monoisotopic (exact) mass is 387 g/mol. The Labute approximate surface area is 163 Å². The predicted molar refractivity (Wildman–Crippen MR) is 105 cm³/mol. The van der Waals surface area contributed by atoms with Crippen LogP contribution in [0, 0.1) is 5.92 Å². The Kier molecular flexibility index (Phi) is 6.52. The minimum absolute atomic E-state index is 0.0625. The van der Waals surface area contributed by atoms with E-state index >= 15 is 0 Å². The van der Waals surface area contributed by atoms with Crippen LogP contribution in [0.15, 0.2) is 29.9 Å². The number of pyridine rings is 1. The van der Waals surface area contributed by atoms with E-state index in [2.05, 4.69) is 20.2 Å². The van der Waals surface area contributed by atoms with Crippen molar-refractivity contribution in [3.63, 3.8) is 0 Å². The van der Waals surface area contributed by atoms with Crippen molar-refractivity contribution in [2.24, 2.45) is 5.92 Å². The molecule has 3 rings (SSSR count). The van der Waals surface area contributed by atoms with Crippen molar-refractivity contribution in [1.29, 1.82) is 0 Å². The molecule has 2 aromatic heterocycles. The molecule has 2 amide bonds. The third-order valence-electron chi connectivity index (χ3n) is 4.52. The Hall–Kier alpha value is -2.32. The van der Waals surface area contributed by atoms with Crippen molar-refractivity contribution < 1.29 is 9.59 Å². The summed E-state index contributed by atoms with van der Waals surface area (Å²) in [6, 6.07) is 4.05. The van der Waals surface area contributed by atoms with Gasteiger partial charge < -0.3 is 10.2 Å². The molecule has 27 heavy (non-hydrogen) atoms. The van der Waals surface area contributed by atoms with Crippen molar-refractivity contribution in [3.05, 3.63) is 41.2 Å². The first kappa shape index (κ1) is 19.4. The normalized spacial score (nSPS) is 15.1. The molecule has 1 aliphatic heterocycles. The highest BCUT2D eigenvalue weighted by Crippen LogP contribution is 2.18. The van der Waals surface area contributed by atoms with Gasteiger partial charge in [-0.1, -0.05) is 13.8 Å². The standard InChI is InChI=1S/C19H25N5O2S/c1-14(2)18(26)22-19-21-16(13-27-19)11-17(25)24-9-7-23(8-10-24)12-15-3-5-20-6-4-15/h3-6,13-14H,7-12H2,1-2H3,(H,21,22,26). The van der Waals surface area contributed by atoms with Crippen LogP contribution in [0.4, 0.5) is 5.13 Å². The van der Waals surface area contributed by atoms with Gasteiger partial charge in [0.1, 0.15) is 0 Å². The smallest absolute Gasteiger partial charge is 0.228 e. The molecule has 0 atom stereocenters. The van der Waals surface area contributed by atoms with Crippen molar-refractivity contribution in [1.82, 2.24) is 19.8 Å².